The van der Waals surface area contributed by atoms with Crippen LogP contribution in [0.4, 0.5) is 10.2 Å². The third-order valence-electron chi connectivity index (χ3n) is 5.54. The Morgan fingerprint density at radius 1 is 0.968 bits per heavy atom. The fourth-order valence-electron chi connectivity index (χ4n) is 3.89. The lowest BCUT2D eigenvalue weighted by Gasteiger charge is -2.35. The number of piperazine rings is 1. The molecule has 2 aromatic carbocycles. The predicted molar refractivity (Wildman–Crippen MR) is 114 cm³/mol. The fourth-order valence-corrected chi connectivity index (χ4v) is 3.89. The summed E-state index contributed by atoms with van der Waals surface area (Å²) in [5.41, 5.74) is 2.90. The van der Waals surface area contributed by atoms with E-state index in [-0.39, 0.29) is 5.82 Å². The van der Waals surface area contributed by atoms with Crippen LogP contribution in [-0.2, 0) is 0 Å². The van der Waals surface area contributed by atoms with Crippen LogP contribution in [-0.4, -0.2) is 64.5 Å². The molecule has 2 aromatic heterocycles. The number of para-hydroxylation sites is 1. The molecule has 1 saturated heterocycles. The van der Waals surface area contributed by atoms with Gasteiger partial charge in [0, 0.05) is 38.3 Å². The maximum Gasteiger partial charge on any atom is 0.180 e. The topological polar surface area (TPSA) is 72.5 Å². The molecule has 1 aliphatic heterocycles. The predicted octanol–water partition coefficient (Wildman–Crippen LogP) is 2.87. The zero-order valence-electron chi connectivity index (χ0n) is 17.0. The Morgan fingerprint density at radius 2 is 1.77 bits per heavy atom. The molecule has 0 bridgehead atoms. The summed E-state index contributed by atoms with van der Waals surface area (Å²) < 4.78 is 19.4. The number of rotatable bonds is 7. The maximum absolute atomic E-state index is 14.2. The molecule has 0 amide bonds. The summed E-state index contributed by atoms with van der Waals surface area (Å²) in [6, 6.07) is 14.4. The van der Waals surface area contributed by atoms with Gasteiger partial charge < -0.3 is 14.3 Å². The van der Waals surface area contributed by atoms with Crippen LogP contribution in [0.1, 0.15) is 6.42 Å². The molecule has 0 radical (unpaired) electrons. The van der Waals surface area contributed by atoms with Gasteiger partial charge in [-0.2, -0.15) is 0 Å². The summed E-state index contributed by atoms with van der Waals surface area (Å²) in [7, 11) is 0. The number of anilines is 1. The maximum atomic E-state index is 14.2. The summed E-state index contributed by atoms with van der Waals surface area (Å²) in [4.78, 5) is 11.8. The number of hydrogen-bond acceptors (Lipinski definition) is 7. The summed E-state index contributed by atoms with van der Waals surface area (Å²) in [5, 5.41) is 12.3. The zero-order chi connectivity index (χ0) is 21.0. The standard InChI is InChI=1S/C22H23FN6O2/c23-19-7-2-1-6-17(19)18-16-30-25-22(18)28-13-11-27(12-14-28)10-5-15-31-29-21-9-4-3-8-20(21)24-26-29/h1-4,6-9,16H,5,10-15H2. The van der Waals surface area contributed by atoms with Gasteiger partial charge in [-0.3, -0.25) is 4.90 Å². The van der Waals surface area contributed by atoms with Crippen LogP contribution in [0.5, 0.6) is 0 Å². The number of fused-ring (bicyclic) bond motifs is 1. The molecule has 3 heterocycles. The van der Waals surface area contributed by atoms with Crippen molar-refractivity contribution in [1.29, 1.82) is 0 Å². The van der Waals surface area contributed by atoms with Crippen LogP contribution in [0.25, 0.3) is 22.2 Å². The molecule has 4 aromatic rings. The number of benzene rings is 2. The highest BCUT2D eigenvalue weighted by Gasteiger charge is 2.23. The summed E-state index contributed by atoms with van der Waals surface area (Å²) >= 11 is 0. The highest BCUT2D eigenvalue weighted by atomic mass is 19.1. The van der Waals surface area contributed by atoms with Gasteiger partial charge in [0.15, 0.2) is 5.82 Å². The Morgan fingerprint density at radius 3 is 2.65 bits per heavy atom. The number of aromatic nitrogens is 4. The molecule has 0 saturated carbocycles. The number of nitrogens with zero attached hydrogens (tertiary/aromatic N) is 6. The van der Waals surface area contributed by atoms with Gasteiger partial charge >= 0.3 is 0 Å². The van der Waals surface area contributed by atoms with Crippen molar-refractivity contribution in [3.63, 3.8) is 0 Å². The van der Waals surface area contributed by atoms with Crippen molar-refractivity contribution >= 4 is 16.9 Å². The van der Waals surface area contributed by atoms with Gasteiger partial charge in [0.05, 0.1) is 5.56 Å². The second-order valence-electron chi connectivity index (χ2n) is 7.50. The van der Waals surface area contributed by atoms with E-state index in [4.69, 9.17) is 9.36 Å². The highest BCUT2D eigenvalue weighted by molar-refractivity contribution is 5.75. The summed E-state index contributed by atoms with van der Waals surface area (Å²) in [5.74, 6) is 0.428. The highest BCUT2D eigenvalue weighted by Crippen LogP contribution is 2.32. The Bertz CT molecular complexity index is 1150. The summed E-state index contributed by atoms with van der Waals surface area (Å²) in [6.45, 7) is 4.91. The first-order chi connectivity index (χ1) is 15.3. The lowest BCUT2D eigenvalue weighted by molar-refractivity contribution is 0.0785. The van der Waals surface area contributed by atoms with Gasteiger partial charge in [0.2, 0.25) is 0 Å². The molecule has 0 unspecified atom stereocenters. The van der Waals surface area contributed by atoms with Crippen LogP contribution < -0.4 is 9.74 Å². The average Bonchev–Trinajstić information content (AvgIpc) is 3.45. The largest absolute Gasteiger partial charge is 0.395 e. The van der Waals surface area contributed by atoms with E-state index in [0.717, 1.165) is 50.2 Å². The first-order valence-electron chi connectivity index (χ1n) is 10.4. The Labute approximate surface area is 178 Å². The van der Waals surface area contributed by atoms with Gasteiger partial charge in [-0.05, 0) is 29.8 Å². The van der Waals surface area contributed by atoms with Crippen molar-refractivity contribution in [3.05, 3.63) is 60.6 Å². The molecule has 8 nitrogen and oxygen atoms in total. The minimum atomic E-state index is -0.272. The minimum absolute atomic E-state index is 0.272. The van der Waals surface area contributed by atoms with Gasteiger partial charge in [0.1, 0.15) is 29.7 Å². The lowest BCUT2D eigenvalue weighted by atomic mass is 10.1. The molecule has 9 heteroatoms. The van der Waals surface area contributed by atoms with Gasteiger partial charge in [-0.25, -0.2) is 4.39 Å². The van der Waals surface area contributed by atoms with Gasteiger partial charge in [-0.15, -0.1) is 5.10 Å². The Kier molecular flexibility index (Phi) is 5.49. The van der Waals surface area contributed by atoms with Crippen molar-refractivity contribution in [3.8, 4) is 11.1 Å². The summed E-state index contributed by atoms with van der Waals surface area (Å²) in [6.07, 6.45) is 2.41. The first-order valence-corrected chi connectivity index (χ1v) is 10.4. The SMILES string of the molecule is Fc1ccccc1-c1conc1N1CCN(CCCOn2nnc3ccccc32)CC1. The van der Waals surface area contributed by atoms with E-state index in [1.807, 2.05) is 30.3 Å². The third kappa shape index (κ3) is 4.09. The quantitative estimate of drug-likeness (QED) is 0.424. The molecule has 31 heavy (non-hydrogen) atoms. The van der Waals surface area contributed by atoms with E-state index < -0.39 is 0 Å². The molecule has 0 N–H and O–H groups in total. The van der Waals surface area contributed by atoms with E-state index >= 15 is 0 Å². The molecule has 0 spiro atoms. The smallest absolute Gasteiger partial charge is 0.180 e. The molecular formula is C22H23FN6O2. The van der Waals surface area contributed by atoms with Crippen molar-refractivity contribution < 1.29 is 13.8 Å². The zero-order valence-corrected chi connectivity index (χ0v) is 17.0. The third-order valence-corrected chi connectivity index (χ3v) is 5.54. The van der Waals surface area contributed by atoms with Crippen molar-refractivity contribution in [2.45, 2.75) is 6.42 Å². The van der Waals surface area contributed by atoms with Crippen LogP contribution in [0.2, 0.25) is 0 Å². The molecule has 5 rings (SSSR count). The van der Waals surface area contributed by atoms with Gasteiger partial charge in [0.25, 0.3) is 0 Å². The van der Waals surface area contributed by atoms with E-state index in [1.54, 1.807) is 12.1 Å². The van der Waals surface area contributed by atoms with Crippen LogP contribution in [0.3, 0.4) is 0 Å². The van der Waals surface area contributed by atoms with Gasteiger partial charge in [-0.1, -0.05) is 40.3 Å². The number of halogens is 1. The van der Waals surface area contributed by atoms with E-state index in [0.29, 0.717) is 23.6 Å². The Balaban J connectivity index is 1.12. The molecule has 1 aliphatic rings. The minimum Gasteiger partial charge on any atom is -0.395 e. The normalized spacial score (nSPS) is 14.9. The molecule has 160 valence electrons. The van der Waals surface area contributed by atoms with E-state index in [1.165, 1.54) is 17.2 Å². The van der Waals surface area contributed by atoms with E-state index in [2.05, 4.69) is 25.3 Å². The monoisotopic (exact) mass is 422 g/mol. The molecule has 0 aliphatic carbocycles. The van der Waals surface area contributed by atoms with Crippen LogP contribution in [0.15, 0.2) is 59.3 Å². The second kappa shape index (κ2) is 8.73. The van der Waals surface area contributed by atoms with E-state index in [9.17, 15) is 4.39 Å². The molecule has 0 atom stereocenters. The van der Waals surface area contributed by atoms with Crippen molar-refractivity contribution in [2.75, 3.05) is 44.2 Å². The Hall–Kier alpha value is -3.46. The molecular weight excluding hydrogens is 399 g/mol. The second-order valence-corrected chi connectivity index (χ2v) is 7.50. The van der Waals surface area contributed by atoms with Crippen molar-refractivity contribution in [1.82, 2.24) is 25.2 Å². The fraction of sp³-hybridized carbons (Fsp3) is 0.318. The average molecular weight is 422 g/mol. The van der Waals surface area contributed by atoms with Crippen LogP contribution in [0, 0.1) is 5.82 Å². The van der Waals surface area contributed by atoms with Crippen LogP contribution >= 0.6 is 0 Å². The number of hydrogen-bond donors (Lipinski definition) is 0. The molecule has 1 fully saturated rings. The van der Waals surface area contributed by atoms with Crippen molar-refractivity contribution in [2.24, 2.45) is 0 Å². The lowest BCUT2D eigenvalue weighted by Crippen LogP contribution is -2.47. The first kappa shape index (κ1) is 19.5.